The van der Waals surface area contributed by atoms with Crippen molar-refractivity contribution in [1.82, 2.24) is 0 Å². The number of carbonyl (C=O) groups is 3. The molecule has 23 atom stereocenters. The number of carbonyl (C=O) groups excluding carboxylic acids is 2. The third-order valence-electron chi connectivity index (χ3n) is 20.3. The minimum Gasteiger partial charge on any atom is -0.479 e. The van der Waals surface area contributed by atoms with Gasteiger partial charge in [-0.15, -0.1) is 0 Å². The number of aliphatic carboxylic acids is 1. The minimum absolute atomic E-state index is 0.0777. The van der Waals surface area contributed by atoms with E-state index in [0.717, 1.165) is 11.1 Å². The lowest BCUT2D eigenvalue weighted by atomic mass is 9.32. The molecule has 1 aromatic rings. The van der Waals surface area contributed by atoms with Crippen LogP contribution in [-0.2, 0) is 42.8 Å². The van der Waals surface area contributed by atoms with Gasteiger partial charge in [0, 0.05) is 16.9 Å². The molecular weight excluding hydrogens is 977 g/mol. The highest BCUT2D eigenvalue weighted by molar-refractivity contribution is 5.87. The van der Waals surface area contributed by atoms with Gasteiger partial charge in [-0.05, 0) is 90.6 Å². The van der Waals surface area contributed by atoms with Crippen LogP contribution in [-0.4, -0.2) is 174 Å². The maximum absolute atomic E-state index is 14.0. The van der Waals surface area contributed by atoms with Crippen LogP contribution >= 0.6 is 0 Å². The van der Waals surface area contributed by atoms with E-state index in [0.29, 0.717) is 44.9 Å². The average Bonchev–Trinajstić information content (AvgIpc) is 3.36. The zero-order valence-corrected chi connectivity index (χ0v) is 44.6. The smallest absolute Gasteiger partial charge is 0.335 e. The summed E-state index contributed by atoms with van der Waals surface area (Å²) in [4.78, 5) is 40.1. The van der Waals surface area contributed by atoms with E-state index in [4.69, 9.17) is 28.4 Å². The van der Waals surface area contributed by atoms with Gasteiger partial charge in [0.25, 0.3) is 0 Å². The van der Waals surface area contributed by atoms with Gasteiger partial charge in [0.1, 0.15) is 48.8 Å². The van der Waals surface area contributed by atoms with Crippen LogP contribution in [0.5, 0.6) is 0 Å². The predicted molar refractivity (Wildman–Crippen MR) is 266 cm³/mol. The van der Waals surface area contributed by atoms with Crippen molar-refractivity contribution in [3.8, 4) is 0 Å². The van der Waals surface area contributed by atoms with Crippen LogP contribution in [0.4, 0.5) is 0 Å². The fraction of sp³-hybridized carbons (Fsp3) is 0.768. The SMILES string of the molecule is CCC(C)C(=O)O[C@H]1[C@H](OC(=O)/C=C/c2ccccc2)C(C)(C)C[C@H]2C3=CC[C@@H]4[C@@]5(C)CC[C@H](O[C@@H]6O[C@H](C(=O)O)[C@@H](O)[C@H](O)[C@H]6O[C@@H]6O[C@H](CO)[C@@H](O)[C@H](O)[C@H]6O)C(C)(C)[C@@H]5CC[C@@]4(C)[C@]3(C)[C@@H](O)[C@@H](O)[C@]21CO. The van der Waals surface area contributed by atoms with Crippen molar-refractivity contribution in [2.45, 2.75) is 199 Å². The highest BCUT2D eigenvalue weighted by Gasteiger charge is 2.76. The summed E-state index contributed by atoms with van der Waals surface area (Å²) in [6.07, 6.45) is -15.6. The maximum Gasteiger partial charge on any atom is 0.335 e. The second-order valence-corrected chi connectivity index (χ2v) is 24.9. The van der Waals surface area contributed by atoms with Crippen molar-refractivity contribution < 1.29 is 93.9 Å². The summed E-state index contributed by atoms with van der Waals surface area (Å²) >= 11 is 0. The fourth-order valence-corrected chi connectivity index (χ4v) is 15.6. The molecule has 420 valence electrons. The van der Waals surface area contributed by atoms with Gasteiger partial charge >= 0.3 is 17.9 Å². The molecule has 6 fully saturated rings. The Morgan fingerprint density at radius 1 is 0.773 bits per heavy atom. The monoisotopic (exact) mass is 1060 g/mol. The molecule has 10 N–H and O–H groups in total. The molecule has 19 heteroatoms. The molecule has 19 nitrogen and oxygen atoms in total. The lowest BCUT2D eigenvalue weighted by Gasteiger charge is -2.73. The first kappa shape index (κ1) is 57.8. The van der Waals surface area contributed by atoms with Crippen molar-refractivity contribution in [2.24, 2.45) is 56.2 Å². The van der Waals surface area contributed by atoms with Crippen LogP contribution in [0.25, 0.3) is 6.08 Å². The van der Waals surface area contributed by atoms with Crippen LogP contribution in [0.15, 0.2) is 48.1 Å². The molecular formula is C56H82O19. The van der Waals surface area contributed by atoms with Crippen LogP contribution in [0.3, 0.4) is 0 Å². The molecule has 7 aliphatic rings. The molecule has 1 unspecified atom stereocenters. The zero-order valence-electron chi connectivity index (χ0n) is 44.6. The Morgan fingerprint density at radius 2 is 1.45 bits per heavy atom. The van der Waals surface area contributed by atoms with Gasteiger partial charge in [0.15, 0.2) is 24.8 Å². The molecule has 0 radical (unpaired) electrons. The second-order valence-electron chi connectivity index (χ2n) is 24.9. The van der Waals surface area contributed by atoms with Crippen molar-refractivity contribution in [3.63, 3.8) is 0 Å². The van der Waals surface area contributed by atoms with Gasteiger partial charge in [-0.25, -0.2) is 9.59 Å². The summed E-state index contributed by atoms with van der Waals surface area (Å²) in [7, 11) is 0. The van der Waals surface area contributed by atoms with E-state index in [2.05, 4.69) is 19.9 Å². The summed E-state index contributed by atoms with van der Waals surface area (Å²) in [6.45, 7) is 16.5. The summed E-state index contributed by atoms with van der Waals surface area (Å²) in [5.41, 5.74) is -3.84. The number of hydrogen-bond acceptors (Lipinski definition) is 18. The summed E-state index contributed by atoms with van der Waals surface area (Å²) in [6, 6.07) is 9.21. The predicted octanol–water partition coefficient (Wildman–Crippen LogP) is 2.63. The van der Waals surface area contributed by atoms with E-state index in [1.165, 1.54) is 6.08 Å². The lowest BCUT2D eigenvalue weighted by molar-refractivity contribution is -0.374. The third kappa shape index (κ3) is 9.24. The topological polar surface area (TPSA) is 309 Å². The Balaban J connectivity index is 1.11. The molecule has 1 aromatic carbocycles. The first-order valence-corrected chi connectivity index (χ1v) is 26.8. The molecule has 0 bridgehead atoms. The zero-order chi connectivity index (χ0) is 55.1. The number of rotatable bonds is 13. The third-order valence-corrected chi connectivity index (χ3v) is 20.3. The number of benzene rings is 1. The number of aliphatic hydroxyl groups is 9. The fourth-order valence-electron chi connectivity index (χ4n) is 15.6. The van der Waals surface area contributed by atoms with E-state index < -0.39 is 167 Å². The van der Waals surface area contributed by atoms with Crippen molar-refractivity contribution in [2.75, 3.05) is 13.2 Å². The Labute approximate surface area is 438 Å². The molecule has 0 amide bonds. The van der Waals surface area contributed by atoms with Gasteiger partial charge in [0.2, 0.25) is 0 Å². The Kier molecular flexibility index (Phi) is 16.2. The van der Waals surface area contributed by atoms with Crippen molar-refractivity contribution >= 4 is 24.0 Å². The quantitative estimate of drug-likeness (QED) is 0.0588. The molecule has 8 rings (SSSR count). The number of aliphatic hydroxyl groups excluding tert-OH is 9. The maximum atomic E-state index is 14.0. The van der Waals surface area contributed by atoms with Crippen LogP contribution < -0.4 is 0 Å². The standard InChI is InChI=1S/C56H82O19/c1-10-27(2)48(69)75-46-45(72-35(59)19-16-28-14-12-11-13-15-28)51(3,4)24-30-29-17-18-33-53(7)22-21-34(52(5,6)32(53)20-23-54(33,8)55(29,9)43(65)44(66)56(30,46)26-58)71-50-42(39(63)38(62)41(73-50)47(67)68)74-49-40(64)37(61)36(60)31(25-57)70-49/h11-17,19,27,30-34,36-46,49-50,57-58,60-66H,10,18,20-26H2,1-9H3,(H,67,68)/b19-16+/t27?,30-,31+,32-,33+,34-,36+,37-,38-,39-,40+,41-,42+,43-,44+,45-,46-,49-,50+,53-,54+,55-,56-/m0/s1. The highest BCUT2D eigenvalue weighted by atomic mass is 16.8. The largest absolute Gasteiger partial charge is 0.479 e. The molecule has 4 saturated carbocycles. The summed E-state index contributed by atoms with van der Waals surface area (Å²) in [5, 5.41) is 112. The summed E-state index contributed by atoms with van der Waals surface area (Å²) < 4.78 is 36.8. The van der Waals surface area contributed by atoms with E-state index in [-0.39, 0.29) is 11.8 Å². The van der Waals surface area contributed by atoms with Gasteiger partial charge in [-0.1, -0.05) is 104 Å². The molecule has 75 heavy (non-hydrogen) atoms. The van der Waals surface area contributed by atoms with Crippen LogP contribution in [0, 0.1) is 56.2 Å². The van der Waals surface area contributed by atoms with Crippen LogP contribution in [0.1, 0.15) is 113 Å². The molecule has 2 aliphatic heterocycles. The lowest BCUT2D eigenvalue weighted by Crippen LogP contribution is -2.76. The number of esters is 2. The van der Waals surface area contributed by atoms with E-state index in [9.17, 15) is 65.4 Å². The number of carboxylic acid groups (broad SMARTS) is 1. The van der Waals surface area contributed by atoms with E-state index in [1.54, 1.807) is 13.0 Å². The average molecular weight is 1060 g/mol. The van der Waals surface area contributed by atoms with Gasteiger partial charge in [-0.3, -0.25) is 4.79 Å². The molecule has 2 saturated heterocycles. The van der Waals surface area contributed by atoms with Gasteiger partial charge in [-0.2, -0.15) is 0 Å². The Morgan fingerprint density at radius 3 is 2.08 bits per heavy atom. The minimum atomic E-state index is -2.02. The highest BCUT2D eigenvalue weighted by Crippen LogP contribution is 2.76. The molecule has 5 aliphatic carbocycles. The van der Waals surface area contributed by atoms with Crippen molar-refractivity contribution in [1.29, 1.82) is 0 Å². The normalized spacial score (nSPS) is 46.5. The Hall–Kier alpha value is -3.41. The van der Waals surface area contributed by atoms with Crippen molar-refractivity contribution in [3.05, 3.63) is 53.6 Å². The number of ether oxygens (including phenoxy) is 6. The molecule has 0 spiro atoms. The first-order valence-electron chi connectivity index (χ1n) is 26.8. The van der Waals surface area contributed by atoms with Crippen LogP contribution in [0.2, 0.25) is 0 Å². The number of carboxylic acids is 1. The molecule has 2 heterocycles. The van der Waals surface area contributed by atoms with E-state index in [1.807, 2.05) is 71.9 Å². The van der Waals surface area contributed by atoms with Gasteiger partial charge in [0.05, 0.1) is 42.9 Å². The molecule has 0 aromatic heterocycles. The number of hydrogen-bond donors (Lipinski definition) is 10. The first-order chi connectivity index (χ1) is 35.1. The number of fused-ring (bicyclic) bond motifs is 7. The Bertz CT molecular complexity index is 2300. The summed E-state index contributed by atoms with van der Waals surface area (Å²) in [5.74, 6) is -4.23. The second kappa shape index (κ2) is 21.0. The number of allylic oxidation sites excluding steroid dienone is 1. The van der Waals surface area contributed by atoms with Gasteiger partial charge < -0.3 is 79.5 Å². The van der Waals surface area contributed by atoms with E-state index >= 15 is 0 Å².